The van der Waals surface area contributed by atoms with Crippen LogP contribution in [0, 0.1) is 3.57 Å². The quantitative estimate of drug-likeness (QED) is 0.577. The third kappa shape index (κ3) is 1.25. The zero-order valence-electron chi connectivity index (χ0n) is 8.31. The fourth-order valence-electron chi connectivity index (χ4n) is 2.21. The van der Waals surface area contributed by atoms with E-state index < -0.39 is 5.79 Å². The van der Waals surface area contributed by atoms with E-state index in [0.717, 1.165) is 14.7 Å². The molecule has 0 bridgehead atoms. The van der Waals surface area contributed by atoms with Gasteiger partial charge in [-0.2, -0.15) is 0 Å². The number of rotatable bonds is 0. The number of fused-ring (bicyclic) bond motifs is 3. The lowest BCUT2D eigenvalue weighted by molar-refractivity contribution is -0.128. The van der Waals surface area contributed by atoms with Gasteiger partial charge in [0.15, 0.2) is 0 Å². The summed E-state index contributed by atoms with van der Waals surface area (Å²) in [5, 5.41) is 20.4. The van der Waals surface area contributed by atoms with E-state index in [1.54, 1.807) is 6.07 Å². The molecule has 1 aliphatic rings. The summed E-state index contributed by atoms with van der Waals surface area (Å²) in [5.41, 5.74) is 2.94. The molecule has 2 N–H and O–H groups in total. The van der Waals surface area contributed by atoms with Crippen molar-refractivity contribution in [3.8, 4) is 11.1 Å². The first kappa shape index (κ1) is 10.3. The summed E-state index contributed by atoms with van der Waals surface area (Å²) in [7, 11) is 0. The normalized spacial score (nSPS) is 15.7. The van der Waals surface area contributed by atoms with E-state index in [1.807, 2.05) is 36.4 Å². The standard InChI is InChI=1S/C13H9IO2/c14-8-5-6-10-9-3-1-2-4-11(9)13(15,16)12(10)7-8/h1-7,15-16H. The van der Waals surface area contributed by atoms with Crippen LogP contribution in [0.1, 0.15) is 11.1 Å². The van der Waals surface area contributed by atoms with Gasteiger partial charge in [0.05, 0.1) is 0 Å². The third-order valence-corrected chi connectivity index (χ3v) is 3.62. The van der Waals surface area contributed by atoms with E-state index >= 15 is 0 Å². The molecule has 3 rings (SSSR count). The summed E-state index contributed by atoms with van der Waals surface area (Å²) < 4.78 is 0.997. The van der Waals surface area contributed by atoms with Gasteiger partial charge in [0, 0.05) is 14.7 Å². The van der Waals surface area contributed by atoms with Gasteiger partial charge in [-0.15, -0.1) is 0 Å². The first-order valence-electron chi connectivity index (χ1n) is 4.95. The van der Waals surface area contributed by atoms with Gasteiger partial charge in [0.1, 0.15) is 0 Å². The highest BCUT2D eigenvalue weighted by Gasteiger charge is 2.39. The molecule has 0 aliphatic heterocycles. The van der Waals surface area contributed by atoms with Crippen molar-refractivity contribution in [3.63, 3.8) is 0 Å². The number of hydrogen-bond donors (Lipinski definition) is 2. The molecule has 3 heteroatoms. The van der Waals surface area contributed by atoms with Crippen LogP contribution in [0.25, 0.3) is 11.1 Å². The second kappa shape index (κ2) is 3.29. The molecule has 1 aliphatic carbocycles. The van der Waals surface area contributed by atoms with Crippen molar-refractivity contribution in [2.45, 2.75) is 5.79 Å². The topological polar surface area (TPSA) is 40.5 Å². The zero-order valence-corrected chi connectivity index (χ0v) is 10.5. The minimum absolute atomic E-state index is 0.562. The Hall–Kier alpha value is -0.910. The molecule has 0 unspecified atom stereocenters. The summed E-state index contributed by atoms with van der Waals surface area (Å²) >= 11 is 2.17. The Balaban J connectivity index is 2.39. The predicted octanol–water partition coefficient (Wildman–Crippen LogP) is 2.46. The third-order valence-electron chi connectivity index (χ3n) is 2.95. The van der Waals surface area contributed by atoms with Gasteiger partial charge in [-0.05, 0) is 45.9 Å². The first-order valence-corrected chi connectivity index (χ1v) is 6.03. The largest absolute Gasteiger partial charge is 0.358 e. The first-order chi connectivity index (χ1) is 7.60. The molecule has 0 radical (unpaired) electrons. The summed E-state index contributed by atoms with van der Waals surface area (Å²) in [6, 6.07) is 13.1. The fourth-order valence-corrected chi connectivity index (χ4v) is 2.70. The zero-order chi connectivity index (χ0) is 11.3. The van der Waals surface area contributed by atoms with Crippen LogP contribution < -0.4 is 0 Å². The Morgan fingerprint density at radius 3 is 2.38 bits per heavy atom. The molecular weight excluding hydrogens is 315 g/mol. The van der Waals surface area contributed by atoms with Crippen LogP contribution in [0.2, 0.25) is 0 Å². The van der Waals surface area contributed by atoms with Gasteiger partial charge < -0.3 is 10.2 Å². The second-order valence-corrected chi connectivity index (χ2v) is 5.15. The van der Waals surface area contributed by atoms with Crippen LogP contribution in [0.5, 0.6) is 0 Å². The lowest BCUT2D eigenvalue weighted by Crippen LogP contribution is -2.23. The Bertz CT molecular complexity index is 576. The van der Waals surface area contributed by atoms with Crippen molar-refractivity contribution in [1.29, 1.82) is 0 Å². The van der Waals surface area contributed by atoms with Crippen LogP contribution in [-0.2, 0) is 5.79 Å². The average molecular weight is 324 g/mol. The number of halogens is 1. The van der Waals surface area contributed by atoms with E-state index in [4.69, 9.17) is 0 Å². The Morgan fingerprint density at radius 2 is 1.56 bits per heavy atom. The Labute approximate surface area is 107 Å². The monoisotopic (exact) mass is 324 g/mol. The summed E-state index contributed by atoms with van der Waals surface area (Å²) in [5.74, 6) is -1.85. The summed E-state index contributed by atoms with van der Waals surface area (Å²) in [6.45, 7) is 0. The minimum atomic E-state index is -1.85. The second-order valence-electron chi connectivity index (χ2n) is 3.91. The van der Waals surface area contributed by atoms with Crippen LogP contribution in [0.15, 0.2) is 42.5 Å². The molecule has 2 nitrogen and oxygen atoms in total. The molecule has 0 spiro atoms. The van der Waals surface area contributed by atoms with Crippen molar-refractivity contribution in [1.82, 2.24) is 0 Å². The molecular formula is C13H9IO2. The van der Waals surface area contributed by atoms with Gasteiger partial charge in [0.2, 0.25) is 5.79 Å². The average Bonchev–Trinajstić information content (AvgIpc) is 2.49. The van der Waals surface area contributed by atoms with Gasteiger partial charge in [-0.1, -0.05) is 30.3 Å². The molecule has 0 aromatic heterocycles. The maximum atomic E-state index is 10.2. The van der Waals surface area contributed by atoms with Gasteiger partial charge in [-0.25, -0.2) is 0 Å². The van der Waals surface area contributed by atoms with E-state index in [9.17, 15) is 10.2 Å². The van der Waals surface area contributed by atoms with Gasteiger partial charge in [0.25, 0.3) is 0 Å². The minimum Gasteiger partial charge on any atom is -0.358 e. The fraction of sp³-hybridized carbons (Fsp3) is 0.0769. The molecule has 0 amide bonds. The molecule has 0 heterocycles. The smallest absolute Gasteiger partial charge is 0.218 e. The molecule has 0 saturated heterocycles. The van der Waals surface area contributed by atoms with E-state index in [0.29, 0.717) is 11.1 Å². The van der Waals surface area contributed by atoms with E-state index in [1.165, 1.54) is 0 Å². The van der Waals surface area contributed by atoms with Crippen LogP contribution >= 0.6 is 22.6 Å². The predicted molar refractivity (Wildman–Crippen MR) is 69.8 cm³/mol. The SMILES string of the molecule is OC1(O)c2ccccc2-c2ccc(I)cc21. The molecule has 2 aromatic carbocycles. The highest BCUT2D eigenvalue weighted by Crippen LogP contribution is 2.45. The van der Waals surface area contributed by atoms with E-state index in [-0.39, 0.29) is 0 Å². The molecule has 2 aromatic rings. The lowest BCUT2D eigenvalue weighted by atomic mass is 10.1. The maximum Gasteiger partial charge on any atom is 0.218 e. The molecule has 80 valence electrons. The Morgan fingerprint density at radius 1 is 0.875 bits per heavy atom. The highest BCUT2D eigenvalue weighted by molar-refractivity contribution is 14.1. The van der Waals surface area contributed by atoms with Crippen molar-refractivity contribution < 1.29 is 10.2 Å². The highest BCUT2D eigenvalue weighted by atomic mass is 127. The number of aliphatic hydroxyl groups is 2. The molecule has 0 fully saturated rings. The number of benzene rings is 2. The van der Waals surface area contributed by atoms with Gasteiger partial charge in [-0.3, -0.25) is 0 Å². The lowest BCUT2D eigenvalue weighted by Gasteiger charge is -2.18. The van der Waals surface area contributed by atoms with Crippen molar-refractivity contribution in [2.24, 2.45) is 0 Å². The summed E-state index contributed by atoms with van der Waals surface area (Å²) in [6.07, 6.45) is 0. The number of hydrogen-bond acceptors (Lipinski definition) is 2. The van der Waals surface area contributed by atoms with Crippen LogP contribution in [0.4, 0.5) is 0 Å². The van der Waals surface area contributed by atoms with E-state index in [2.05, 4.69) is 22.6 Å². The summed E-state index contributed by atoms with van der Waals surface area (Å²) in [4.78, 5) is 0. The molecule has 16 heavy (non-hydrogen) atoms. The molecule has 0 saturated carbocycles. The van der Waals surface area contributed by atoms with Crippen LogP contribution in [0.3, 0.4) is 0 Å². The van der Waals surface area contributed by atoms with Crippen molar-refractivity contribution in [3.05, 3.63) is 57.2 Å². The molecule has 0 atom stereocenters. The van der Waals surface area contributed by atoms with Crippen molar-refractivity contribution in [2.75, 3.05) is 0 Å². The maximum absolute atomic E-state index is 10.2. The van der Waals surface area contributed by atoms with Crippen molar-refractivity contribution >= 4 is 22.6 Å². The van der Waals surface area contributed by atoms with Crippen LogP contribution in [-0.4, -0.2) is 10.2 Å². The van der Waals surface area contributed by atoms with Gasteiger partial charge >= 0.3 is 0 Å². The Kier molecular flexibility index (Phi) is 2.11.